The van der Waals surface area contributed by atoms with Crippen LogP contribution in [0, 0.1) is 0 Å². The molecule has 6 N–H and O–H groups in total. The molecule has 0 aromatic rings. The van der Waals surface area contributed by atoms with Gasteiger partial charge < -0.3 is 35.6 Å². The largest absolute Gasteiger partial charge is 0.394 e. The van der Waals surface area contributed by atoms with E-state index in [1.807, 2.05) is 0 Å². The average Bonchev–Trinajstić information content (AvgIpc) is 2.25. The predicted molar refractivity (Wildman–Crippen MR) is 48.8 cm³/mol. The number of hydrogen-bond acceptors (Lipinski definition) is 7. The summed E-state index contributed by atoms with van der Waals surface area (Å²) in [4.78, 5) is 0. The van der Waals surface area contributed by atoms with E-state index in [0.717, 1.165) is 0 Å². The van der Waals surface area contributed by atoms with E-state index in [2.05, 4.69) is 0 Å². The highest BCUT2D eigenvalue weighted by atomic mass is 16.7. The van der Waals surface area contributed by atoms with Gasteiger partial charge in [0.2, 0.25) is 0 Å². The first-order chi connectivity index (χ1) is 7.11. The van der Waals surface area contributed by atoms with Gasteiger partial charge in [0.15, 0.2) is 6.29 Å². The van der Waals surface area contributed by atoms with Crippen molar-refractivity contribution in [3.05, 3.63) is 0 Å². The first-order valence-corrected chi connectivity index (χ1v) is 4.74. The Morgan fingerprint density at radius 1 is 1.13 bits per heavy atom. The molecule has 0 radical (unpaired) electrons. The monoisotopic (exact) mass is 223 g/mol. The molecule has 0 bridgehead atoms. The van der Waals surface area contributed by atoms with Crippen LogP contribution in [0.1, 0.15) is 0 Å². The summed E-state index contributed by atoms with van der Waals surface area (Å²) in [6, 6.07) is 0. The molecule has 15 heavy (non-hydrogen) atoms. The Balaban J connectivity index is 2.57. The van der Waals surface area contributed by atoms with Crippen LogP contribution in [0.25, 0.3) is 0 Å². The molecule has 0 saturated carbocycles. The van der Waals surface area contributed by atoms with E-state index in [0.29, 0.717) is 0 Å². The second kappa shape index (κ2) is 5.71. The van der Waals surface area contributed by atoms with E-state index in [-0.39, 0.29) is 13.2 Å². The zero-order valence-electron chi connectivity index (χ0n) is 8.19. The quantitative estimate of drug-likeness (QED) is 0.339. The number of nitrogens with two attached hydrogens (primary N) is 1. The van der Waals surface area contributed by atoms with Crippen molar-refractivity contribution in [1.82, 2.24) is 0 Å². The molecule has 1 rings (SSSR count). The van der Waals surface area contributed by atoms with Crippen molar-refractivity contribution < 1.29 is 29.9 Å². The van der Waals surface area contributed by atoms with Crippen molar-refractivity contribution in [3.8, 4) is 0 Å². The Bertz CT molecular complexity index is 190. The molecule has 1 saturated heterocycles. The third kappa shape index (κ3) is 2.85. The molecular weight excluding hydrogens is 206 g/mol. The van der Waals surface area contributed by atoms with Gasteiger partial charge in [-0.3, -0.25) is 0 Å². The minimum atomic E-state index is -1.40. The molecular formula is C8H17NO6. The van der Waals surface area contributed by atoms with Crippen LogP contribution in [0.4, 0.5) is 0 Å². The molecule has 90 valence electrons. The van der Waals surface area contributed by atoms with Crippen LogP contribution in [-0.4, -0.2) is 70.9 Å². The topological polar surface area (TPSA) is 125 Å². The fourth-order valence-corrected chi connectivity index (χ4v) is 1.39. The van der Waals surface area contributed by atoms with Crippen molar-refractivity contribution in [1.29, 1.82) is 0 Å². The van der Waals surface area contributed by atoms with Crippen LogP contribution >= 0.6 is 0 Å². The van der Waals surface area contributed by atoms with E-state index >= 15 is 0 Å². The van der Waals surface area contributed by atoms with Gasteiger partial charge in [-0.2, -0.15) is 0 Å². The highest BCUT2D eigenvalue weighted by Crippen LogP contribution is 2.21. The minimum Gasteiger partial charge on any atom is -0.394 e. The van der Waals surface area contributed by atoms with E-state index in [1.54, 1.807) is 0 Å². The maximum atomic E-state index is 9.47. The fourth-order valence-electron chi connectivity index (χ4n) is 1.39. The number of ether oxygens (including phenoxy) is 2. The lowest BCUT2D eigenvalue weighted by atomic mass is 9.99. The molecule has 5 atom stereocenters. The molecule has 0 amide bonds. The molecule has 1 unspecified atom stereocenters. The third-order valence-corrected chi connectivity index (χ3v) is 2.25. The van der Waals surface area contributed by atoms with Crippen molar-refractivity contribution in [2.24, 2.45) is 5.73 Å². The molecule has 0 aliphatic carbocycles. The lowest BCUT2D eigenvalue weighted by molar-refractivity contribution is -0.300. The van der Waals surface area contributed by atoms with E-state index in [9.17, 15) is 15.3 Å². The van der Waals surface area contributed by atoms with Crippen LogP contribution in [0.3, 0.4) is 0 Å². The van der Waals surface area contributed by atoms with E-state index < -0.39 is 37.3 Å². The molecule has 0 spiro atoms. The molecule has 1 heterocycles. The number of aliphatic hydroxyl groups excluding tert-OH is 4. The highest BCUT2D eigenvalue weighted by Gasteiger charge is 2.43. The maximum Gasteiger partial charge on any atom is 0.186 e. The second-order valence-corrected chi connectivity index (χ2v) is 3.36. The lowest BCUT2D eigenvalue weighted by Crippen LogP contribution is -2.59. The summed E-state index contributed by atoms with van der Waals surface area (Å²) >= 11 is 0. The summed E-state index contributed by atoms with van der Waals surface area (Å²) in [6.45, 7) is -0.0643. The molecule has 0 aromatic heterocycles. The Kier molecular flexibility index (Phi) is 4.87. The summed E-state index contributed by atoms with van der Waals surface area (Å²) in [5.41, 5.74) is 5.20. The van der Waals surface area contributed by atoms with Gasteiger partial charge in [-0.1, -0.05) is 0 Å². The first-order valence-electron chi connectivity index (χ1n) is 4.74. The first kappa shape index (κ1) is 12.8. The zero-order valence-corrected chi connectivity index (χ0v) is 8.19. The van der Waals surface area contributed by atoms with Gasteiger partial charge in [0.1, 0.15) is 24.4 Å². The van der Waals surface area contributed by atoms with Gasteiger partial charge in [0.05, 0.1) is 13.2 Å². The van der Waals surface area contributed by atoms with Crippen LogP contribution in [0.15, 0.2) is 0 Å². The van der Waals surface area contributed by atoms with Crippen LogP contribution in [-0.2, 0) is 9.47 Å². The number of hydrogen-bond donors (Lipinski definition) is 5. The minimum absolute atomic E-state index is 0.155. The molecule has 0 aromatic carbocycles. The fraction of sp³-hybridized carbons (Fsp3) is 1.00. The van der Waals surface area contributed by atoms with Gasteiger partial charge in [-0.05, 0) is 0 Å². The Labute approximate surface area is 87.0 Å². The Morgan fingerprint density at radius 2 is 1.80 bits per heavy atom. The standard InChI is InChI=1S/C8H17NO6/c9-1-2-14-8-7(13)6(12)5(11)4(3-10)15-8/h4-8,10-13H,1-3,9H2/t4-,5+,6?,7-,8-/m1/s1. The number of rotatable bonds is 4. The van der Waals surface area contributed by atoms with Gasteiger partial charge in [0.25, 0.3) is 0 Å². The Hall–Kier alpha value is -0.280. The summed E-state index contributed by atoms with van der Waals surface area (Å²) in [6.07, 6.45) is -6.13. The zero-order chi connectivity index (χ0) is 11.4. The van der Waals surface area contributed by atoms with Crippen molar-refractivity contribution in [2.45, 2.75) is 30.7 Å². The van der Waals surface area contributed by atoms with Gasteiger partial charge >= 0.3 is 0 Å². The molecule has 7 nitrogen and oxygen atoms in total. The lowest BCUT2D eigenvalue weighted by Gasteiger charge is -2.39. The van der Waals surface area contributed by atoms with Crippen molar-refractivity contribution in [3.63, 3.8) is 0 Å². The van der Waals surface area contributed by atoms with Crippen molar-refractivity contribution >= 4 is 0 Å². The highest BCUT2D eigenvalue weighted by molar-refractivity contribution is 4.88. The van der Waals surface area contributed by atoms with Crippen LogP contribution in [0.5, 0.6) is 0 Å². The molecule has 1 fully saturated rings. The third-order valence-electron chi connectivity index (χ3n) is 2.25. The maximum absolute atomic E-state index is 9.47. The van der Waals surface area contributed by atoms with Crippen LogP contribution < -0.4 is 5.73 Å². The smallest absolute Gasteiger partial charge is 0.186 e. The summed E-state index contributed by atoms with van der Waals surface area (Å²) in [5, 5.41) is 37.1. The number of aliphatic hydroxyl groups is 4. The van der Waals surface area contributed by atoms with Crippen molar-refractivity contribution in [2.75, 3.05) is 19.8 Å². The van der Waals surface area contributed by atoms with Gasteiger partial charge in [-0.25, -0.2) is 0 Å². The normalized spacial score (nSPS) is 41.8. The molecule has 1 aliphatic rings. The van der Waals surface area contributed by atoms with Crippen LogP contribution in [0.2, 0.25) is 0 Å². The van der Waals surface area contributed by atoms with Gasteiger partial charge in [-0.15, -0.1) is 0 Å². The van der Waals surface area contributed by atoms with E-state index in [1.165, 1.54) is 0 Å². The molecule has 1 aliphatic heterocycles. The summed E-state index contributed by atoms with van der Waals surface area (Å²) in [7, 11) is 0. The van der Waals surface area contributed by atoms with Gasteiger partial charge in [0, 0.05) is 6.54 Å². The summed E-state index contributed by atoms with van der Waals surface area (Å²) in [5.74, 6) is 0. The predicted octanol–water partition coefficient (Wildman–Crippen LogP) is -3.24. The Morgan fingerprint density at radius 3 is 2.33 bits per heavy atom. The average molecular weight is 223 g/mol. The molecule has 7 heteroatoms. The second-order valence-electron chi connectivity index (χ2n) is 3.36. The summed E-state index contributed by atoms with van der Waals surface area (Å²) < 4.78 is 10.1. The SMILES string of the molecule is NCCO[C@@H]1O[C@H](CO)[C@H](O)C(O)[C@H]1O. The van der Waals surface area contributed by atoms with E-state index in [4.69, 9.17) is 20.3 Å².